The van der Waals surface area contributed by atoms with Crippen LogP contribution in [0.3, 0.4) is 0 Å². The van der Waals surface area contributed by atoms with Gasteiger partial charge in [0.15, 0.2) is 0 Å². The Labute approximate surface area is 152 Å². The molecule has 2 aromatic rings. The summed E-state index contributed by atoms with van der Waals surface area (Å²) in [6.45, 7) is 5.90. The molecule has 5 nitrogen and oxygen atoms in total. The minimum Gasteiger partial charge on any atom is -0.480 e. The van der Waals surface area contributed by atoms with Crippen molar-refractivity contribution >= 4 is 23.2 Å². The molecular weight excluding hydrogens is 336 g/mol. The first kappa shape index (κ1) is 19.1. The number of aryl methyl sites for hydroxylation is 1. The Kier molecular flexibility index (Phi) is 6.70. The van der Waals surface area contributed by atoms with E-state index in [0.29, 0.717) is 18.5 Å². The predicted molar refractivity (Wildman–Crippen MR) is 99.6 cm³/mol. The summed E-state index contributed by atoms with van der Waals surface area (Å²) < 4.78 is 0. The molecule has 0 saturated carbocycles. The van der Waals surface area contributed by atoms with Crippen LogP contribution in [0.5, 0.6) is 0 Å². The van der Waals surface area contributed by atoms with E-state index in [9.17, 15) is 14.7 Å². The summed E-state index contributed by atoms with van der Waals surface area (Å²) in [5.74, 6) is -1.36. The second kappa shape index (κ2) is 8.76. The van der Waals surface area contributed by atoms with E-state index in [0.717, 1.165) is 10.6 Å². The summed E-state index contributed by atoms with van der Waals surface area (Å²) in [5, 5.41) is 14.7. The molecule has 6 heteroatoms. The van der Waals surface area contributed by atoms with Crippen LogP contribution in [0.4, 0.5) is 0 Å². The minimum atomic E-state index is -0.985. The Morgan fingerprint density at radius 2 is 1.84 bits per heavy atom. The Morgan fingerprint density at radius 1 is 1.20 bits per heavy atom. The van der Waals surface area contributed by atoms with E-state index in [-0.39, 0.29) is 18.2 Å². The third kappa shape index (κ3) is 5.13. The molecule has 1 atom stereocenters. The maximum atomic E-state index is 12.2. The second-order valence-electron chi connectivity index (χ2n) is 6.15. The molecule has 2 rings (SSSR count). The molecule has 134 valence electrons. The Hall–Kier alpha value is -2.21. The molecule has 1 aromatic heterocycles. The highest BCUT2D eigenvalue weighted by molar-refractivity contribution is 7.13. The highest BCUT2D eigenvalue weighted by atomic mass is 32.1. The molecule has 0 aliphatic rings. The number of nitrogens with one attached hydrogen (secondary N) is 1. The van der Waals surface area contributed by atoms with E-state index in [1.54, 1.807) is 0 Å². The molecule has 0 radical (unpaired) electrons. The van der Waals surface area contributed by atoms with Gasteiger partial charge in [0.2, 0.25) is 5.91 Å². The number of aliphatic carboxylic acids is 1. The molecule has 0 spiro atoms. The number of hydrogen-bond acceptors (Lipinski definition) is 4. The van der Waals surface area contributed by atoms with Crippen LogP contribution in [0, 0.1) is 12.8 Å². The normalized spacial score (nSPS) is 12.2. The van der Waals surface area contributed by atoms with Crippen LogP contribution in [0.2, 0.25) is 0 Å². The fourth-order valence-corrected chi connectivity index (χ4v) is 3.57. The lowest BCUT2D eigenvalue weighted by Crippen LogP contribution is -2.46. The minimum absolute atomic E-state index is 0.0694. The van der Waals surface area contributed by atoms with Gasteiger partial charge >= 0.3 is 5.97 Å². The molecular formula is C19H24N2O3S. The van der Waals surface area contributed by atoms with Crippen molar-refractivity contribution in [3.8, 4) is 10.6 Å². The Morgan fingerprint density at radius 3 is 2.40 bits per heavy atom. The van der Waals surface area contributed by atoms with E-state index < -0.39 is 12.0 Å². The van der Waals surface area contributed by atoms with E-state index in [4.69, 9.17) is 0 Å². The number of carbonyl (C=O) groups is 2. The van der Waals surface area contributed by atoms with Crippen molar-refractivity contribution in [2.24, 2.45) is 5.92 Å². The molecule has 1 unspecified atom stereocenters. The van der Waals surface area contributed by atoms with Gasteiger partial charge in [0.05, 0.1) is 12.1 Å². The quantitative estimate of drug-likeness (QED) is 0.753. The number of benzene rings is 1. The van der Waals surface area contributed by atoms with Crippen LogP contribution in [0.25, 0.3) is 10.6 Å². The van der Waals surface area contributed by atoms with Crippen molar-refractivity contribution in [1.29, 1.82) is 0 Å². The summed E-state index contributed by atoms with van der Waals surface area (Å²) in [6, 6.07) is 7.21. The second-order valence-corrected chi connectivity index (χ2v) is 7.00. The van der Waals surface area contributed by atoms with Crippen molar-refractivity contribution in [2.75, 3.05) is 0 Å². The zero-order valence-corrected chi connectivity index (χ0v) is 15.6. The van der Waals surface area contributed by atoms with Crippen molar-refractivity contribution in [1.82, 2.24) is 10.3 Å². The average Bonchev–Trinajstić information content (AvgIpc) is 3.03. The van der Waals surface area contributed by atoms with Crippen molar-refractivity contribution in [3.63, 3.8) is 0 Å². The van der Waals surface area contributed by atoms with Crippen molar-refractivity contribution in [3.05, 3.63) is 40.9 Å². The van der Waals surface area contributed by atoms with Gasteiger partial charge in [-0.3, -0.25) is 4.79 Å². The molecule has 0 bridgehead atoms. The van der Waals surface area contributed by atoms with E-state index in [1.165, 1.54) is 16.9 Å². The first-order valence-electron chi connectivity index (χ1n) is 8.48. The first-order valence-corrected chi connectivity index (χ1v) is 9.36. The number of amides is 1. The fourth-order valence-electron chi connectivity index (χ4n) is 2.75. The van der Waals surface area contributed by atoms with Crippen LogP contribution in [0.15, 0.2) is 29.6 Å². The third-order valence-corrected chi connectivity index (χ3v) is 5.23. The molecule has 0 aliphatic heterocycles. The lowest BCUT2D eigenvalue weighted by atomic mass is 9.94. The molecule has 0 fully saturated rings. The zero-order valence-electron chi connectivity index (χ0n) is 14.8. The van der Waals surface area contributed by atoms with Gasteiger partial charge in [0.25, 0.3) is 0 Å². The van der Waals surface area contributed by atoms with Crippen LogP contribution in [0.1, 0.15) is 37.9 Å². The van der Waals surface area contributed by atoms with Crippen LogP contribution >= 0.6 is 11.3 Å². The fraction of sp³-hybridized carbons (Fsp3) is 0.421. The average molecular weight is 360 g/mol. The molecule has 1 amide bonds. The third-order valence-electron chi connectivity index (χ3n) is 4.29. The van der Waals surface area contributed by atoms with E-state index in [1.807, 2.05) is 50.4 Å². The summed E-state index contributed by atoms with van der Waals surface area (Å²) in [5.41, 5.74) is 2.86. The van der Waals surface area contributed by atoms with E-state index >= 15 is 0 Å². The van der Waals surface area contributed by atoms with Crippen LogP contribution < -0.4 is 5.32 Å². The van der Waals surface area contributed by atoms with Gasteiger partial charge in [-0.15, -0.1) is 11.3 Å². The van der Waals surface area contributed by atoms with Crippen molar-refractivity contribution in [2.45, 2.75) is 46.1 Å². The van der Waals surface area contributed by atoms with Gasteiger partial charge in [-0.25, -0.2) is 9.78 Å². The maximum Gasteiger partial charge on any atom is 0.326 e. The molecule has 1 heterocycles. The van der Waals surface area contributed by atoms with Gasteiger partial charge in [-0.05, 0) is 12.8 Å². The highest BCUT2D eigenvalue weighted by Crippen LogP contribution is 2.24. The number of carbonyl (C=O) groups excluding carboxylic acids is 1. The standard InChI is InChI=1S/C19H24N2O3S/c1-4-13(5-2)17(19(23)24)21-16(22)10-15-11-25-18(20-15)14-8-6-12(3)7-9-14/h6-9,11,13,17H,4-5,10H2,1-3H3,(H,21,22)(H,23,24). The number of rotatable bonds is 8. The number of carboxylic acid groups (broad SMARTS) is 1. The van der Waals surface area contributed by atoms with Crippen LogP contribution in [-0.2, 0) is 16.0 Å². The van der Waals surface area contributed by atoms with E-state index in [2.05, 4.69) is 10.3 Å². The molecule has 1 aromatic carbocycles. The maximum absolute atomic E-state index is 12.2. The predicted octanol–water partition coefficient (Wildman–Crippen LogP) is 3.67. The summed E-state index contributed by atoms with van der Waals surface area (Å²) in [7, 11) is 0. The smallest absolute Gasteiger partial charge is 0.326 e. The zero-order chi connectivity index (χ0) is 18.4. The number of nitrogens with zero attached hydrogens (tertiary/aromatic N) is 1. The highest BCUT2D eigenvalue weighted by Gasteiger charge is 2.27. The lowest BCUT2D eigenvalue weighted by Gasteiger charge is -2.22. The number of hydrogen-bond donors (Lipinski definition) is 2. The van der Waals surface area contributed by atoms with Crippen LogP contribution in [-0.4, -0.2) is 28.0 Å². The summed E-state index contributed by atoms with van der Waals surface area (Å²) in [4.78, 5) is 28.2. The lowest BCUT2D eigenvalue weighted by molar-refractivity contribution is -0.143. The molecule has 0 saturated heterocycles. The van der Waals surface area contributed by atoms with Crippen molar-refractivity contribution < 1.29 is 14.7 Å². The molecule has 25 heavy (non-hydrogen) atoms. The largest absolute Gasteiger partial charge is 0.480 e. The molecule has 2 N–H and O–H groups in total. The summed E-state index contributed by atoms with van der Waals surface area (Å²) in [6.07, 6.45) is 1.51. The van der Waals surface area contributed by atoms with Gasteiger partial charge in [0.1, 0.15) is 11.0 Å². The summed E-state index contributed by atoms with van der Waals surface area (Å²) >= 11 is 1.48. The first-order chi connectivity index (χ1) is 11.9. The van der Waals surface area contributed by atoms with Gasteiger partial charge in [-0.1, -0.05) is 56.5 Å². The van der Waals surface area contributed by atoms with Gasteiger partial charge < -0.3 is 10.4 Å². The number of thiazole rings is 1. The SMILES string of the molecule is CCC(CC)C(NC(=O)Cc1csc(-c2ccc(C)cc2)n1)C(=O)O. The molecule has 0 aliphatic carbocycles. The topological polar surface area (TPSA) is 79.3 Å². The van der Waals surface area contributed by atoms with Gasteiger partial charge in [-0.2, -0.15) is 0 Å². The number of aromatic nitrogens is 1. The van der Waals surface area contributed by atoms with Gasteiger partial charge in [0, 0.05) is 10.9 Å². The number of carboxylic acids is 1. The monoisotopic (exact) mass is 360 g/mol. The Bertz CT molecular complexity index is 721. The Balaban J connectivity index is 2.03.